The second-order valence-electron chi connectivity index (χ2n) is 13.9. The van der Waals surface area contributed by atoms with Crippen molar-refractivity contribution in [3.8, 4) is 11.3 Å². The molecule has 8 nitrogen and oxygen atoms in total. The minimum absolute atomic E-state index is 0.522. The molecule has 4 aromatic rings. The van der Waals surface area contributed by atoms with E-state index in [9.17, 15) is 0 Å². The average molecular weight is 593 g/mol. The summed E-state index contributed by atoms with van der Waals surface area (Å²) in [5.41, 5.74) is 10.4. The Bertz CT molecular complexity index is 1650. The number of imidazole rings is 1. The maximum Gasteiger partial charge on any atom is 0.208 e. The van der Waals surface area contributed by atoms with Gasteiger partial charge in [-0.15, -0.1) is 0 Å². The molecule has 2 bridgehead atoms. The monoisotopic (exact) mass is 592 g/mol. The molecule has 2 fully saturated rings. The zero-order valence-corrected chi connectivity index (χ0v) is 26.8. The average Bonchev–Trinajstić information content (AvgIpc) is 3.55. The summed E-state index contributed by atoms with van der Waals surface area (Å²) in [7, 11) is 2.04. The number of anilines is 1. The minimum atomic E-state index is 0.522. The molecule has 3 aliphatic rings. The van der Waals surface area contributed by atoms with Crippen LogP contribution in [0.25, 0.3) is 28.0 Å². The Hall–Kier alpha value is -3.49. The predicted octanol–water partition coefficient (Wildman–Crippen LogP) is 6.55. The Balaban J connectivity index is 1.18. The highest BCUT2D eigenvalue weighted by Crippen LogP contribution is 2.40. The fraction of sp³-hybridized carbons (Fsp3) is 0.528. The Morgan fingerprint density at radius 1 is 1.02 bits per heavy atom. The molecule has 7 rings (SSSR count). The highest BCUT2D eigenvalue weighted by molar-refractivity contribution is 5.83. The molecule has 0 radical (unpaired) electrons. The molecule has 0 aliphatic carbocycles. The fourth-order valence-electron chi connectivity index (χ4n) is 7.80. The second kappa shape index (κ2) is 12.1. The molecule has 0 unspecified atom stereocenters. The van der Waals surface area contributed by atoms with Gasteiger partial charge in [-0.2, -0.15) is 5.10 Å². The van der Waals surface area contributed by atoms with Gasteiger partial charge in [0.2, 0.25) is 5.95 Å². The molecule has 8 heteroatoms. The molecule has 44 heavy (non-hydrogen) atoms. The molecule has 6 heterocycles. The van der Waals surface area contributed by atoms with Crippen LogP contribution in [0.4, 0.5) is 5.95 Å². The number of rotatable bonds is 2. The molecule has 0 amide bonds. The number of piperidine rings is 2. The van der Waals surface area contributed by atoms with Crippen LogP contribution in [0, 0.1) is 18.3 Å². The lowest BCUT2D eigenvalue weighted by atomic mass is 9.71. The zero-order chi connectivity index (χ0) is 30.3. The Labute approximate surface area is 262 Å². The van der Waals surface area contributed by atoms with Crippen molar-refractivity contribution in [3.63, 3.8) is 0 Å². The van der Waals surface area contributed by atoms with Crippen molar-refractivity contribution in [1.82, 2.24) is 34.5 Å². The van der Waals surface area contributed by atoms with Gasteiger partial charge in [0.1, 0.15) is 0 Å². The fourth-order valence-corrected chi connectivity index (χ4v) is 7.80. The van der Waals surface area contributed by atoms with Gasteiger partial charge < -0.3 is 15.2 Å². The van der Waals surface area contributed by atoms with Crippen LogP contribution in [0.2, 0.25) is 0 Å². The van der Waals surface area contributed by atoms with E-state index in [1.807, 2.05) is 17.9 Å². The molecule has 3 aliphatic heterocycles. The van der Waals surface area contributed by atoms with E-state index in [1.54, 1.807) is 0 Å². The van der Waals surface area contributed by atoms with Crippen molar-refractivity contribution >= 4 is 22.7 Å². The molecule has 1 aromatic carbocycles. The van der Waals surface area contributed by atoms with Crippen LogP contribution in [0.1, 0.15) is 74.4 Å². The van der Waals surface area contributed by atoms with Crippen molar-refractivity contribution in [3.05, 3.63) is 65.6 Å². The van der Waals surface area contributed by atoms with Gasteiger partial charge in [0.05, 0.1) is 22.9 Å². The van der Waals surface area contributed by atoms with Crippen molar-refractivity contribution in [2.45, 2.75) is 78.3 Å². The minimum Gasteiger partial charge on any atom is -0.326 e. The van der Waals surface area contributed by atoms with Gasteiger partial charge in [0, 0.05) is 48.3 Å². The number of likely N-dealkylation sites (tertiary alicyclic amines) is 1. The van der Waals surface area contributed by atoms with Crippen LogP contribution >= 0.6 is 0 Å². The van der Waals surface area contributed by atoms with E-state index in [-0.39, 0.29) is 0 Å². The van der Waals surface area contributed by atoms with Gasteiger partial charge in [0.15, 0.2) is 0 Å². The van der Waals surface area contributed by atoms with E-state index in [2.05, 4.69) is 76.0 Å². The first-order valence-corrected chi connectivity index (χ1v) is 16.7. The van der Waals surface area contributed by atoms with E-state index < -0.39 is 0 Å². The van der Waals surface area contributed by atoms with Gasteiger partial charge >= 0.3 is 0 Å². The smallest absolute Gasteiger partial charge is 0.208 e. The Morgan fingerprint density at radius 2 is 1.84 bits per heavy atom. The van der Waals surface area contributed by atoms with Gasteiger partial charge in [-0.3, -0.25) is 14.6 Å². The maximum atomic E-state index is 5.12. The highest BCUT2D eigenvalue weighted by atomic mass is 15.3. The van der Waals surface area contributed by atoms with Gasteiger partial charge in [0.25, 0.3) is 0 Å². The van der Waals surface area contributed by atoms with Crippen LogP contribution in [0.3, 0.4) is 0 Å². The summed E-state index contributed by atoms with van der Waals surface area (Å²) in [6.45, 7) is 15.6. The summed E-state index contributed by atoms with van der Waals surface area (Å²) in [4.78, 5) is 12.7. The molecule has 0 saturated carbocycles. The number of aryl methyl sites for hydroxylation is 2. The third kappa shape index (κ3) is 5.94. The van der Waals surface area contributed by atoms with Crippen LogP contribution in [0.5, 0.6) is 0 Å². The standard InChI is InChI=1S/C36H48N8/c1-25-7-5-6-8-33-30(22-38-42(33)4)32-21-29(19-26(2)39-32)27(3)40-35-41-31-10-9-28(20-34(31)44(35)23-25)24-43-17-13-36(14-18-43)11-15-37-16-12-36/h9-10,19-22,25,37H,3,5-8,11-18,23-24H2,1-2,4H3,(H,40,41)/t25-/m1/s1. The van der Waals surface area contributed by atoms with E-state index in [4.69, 9.17) is 9.97 Å². The van der Waals surface area contributed by atoms with Crippen molar-refractivity contribution in [2.75, 3.05) is 31.5 Å². The topological polar surface area (TPSA) is 75.8 Å². The van der Waals surface area contributed by atoms with Crippen LogP contribution in [-0.4, -0.2) is 55.4 Å². The Kier molecular flexibility index (Phi) is 8.06. The van der Waals surface area contributed by atoms with Crippen LogP contribution in [-0.2, 0) is 26.6 Å². The van der Waals surface area contributed by atoms with E-state index in [0.717, 1.165) is 65.6 Å². The number of nitrogens with zero attached hydrogens (tertiary/aromatic N) is 6. The van der Waals surface area contributed by atoms with Crippen molar-refractivity contribution < 1.29 is 0 Å². The molecule has 2 saturated heterocycles. The summed E-state index contributed by atoms with van der Waals surface area (Å²) >= 11 is 0. The summed E-state index contributed by atoms with van der Waals surface area (Å²) < 4.78 is 4.42. The quantitative estimate of drug-likeness (QED) is 0.275. The SMILES string of the molecule is C=C1Nc2nc3ccc(CN4CCC5(CCNCC5)CC4)cc3n2C[C@H](C)CCCCc2c(cnn2C)-c2cc1cc(C)n2. The Morgan fingerprint density at radius 3 is 2.66 bits per heavy atom. The third-order valence-corrected chi connectivity index (χ3v) is 10.6. The first-order chi connectivity index (χ1) is 21.4. The lowest BCUT2D eigenvalue weighted by Crippen LogP contribution is -2.45. The van der Waals surface area contributed by atoms with Gasteiger partial charge in [-0.1, -0.05) is 26.0 Å². The zero-order valence-electron chi connectivity index (χ0n) is 26.8. The third-order valence-electron chi connectivity index (χ3n) is 10.6. The van der Waals surface area contributed by atoms with Crippen LogP contribution < -0.4 is 10.6 Å². The number of fused-ring (bicyclic) bond motifs is 7. The lowest BCUT2D eigenvalue weighted by molar-refractivity contribution is 0.0701. The second-order valence-corrected chi connectivity index (χ2v) is 13.9. The van der Waals surface area contributed by atoms with E-state index in [0.29, 0.717) is 11.3 Å². The van der Waals surface area contributed by atoms with Gasteiger partial charge in [-0.25, -0.2) is 4.98 Å². The highest BCUT2D eigenvalue weighted by Gasteiger charge is 2.35. The predicted molar refractivity (Wildman–Crippen MR) is 179 cm³/mol. The summed E-state index contributed by atoms with van der Waals surface area (Å²) in [6.07, 6.45) is 11.8. The first kappa shape index (κ1) is 29.2. The first-order valence-electron chi connectivity index (χ1n) is 16.7. The van der Waals surface area contributed by atoms with E-state index >= 15 is 0 Å². The number of pyridine rings is 1. The molecule has 2 N–H and O–H groups in total. The largest absolute Gasteiger partial charge is 0.326 e. The normalized spacial score (nSPS) is 21.3. The summed E-state index contributed by atoms with van der Waals surface area (Å²) in [5.74, 6) is 1.39. The molecule has 3 aromatic heterocycles. The number of hydrogen-bond donors (Lipinski definition) is 2. The molecule has 1 spiro atoms. The molecular formula is C36H48N8. The van der Waals surface area contributed by atoms with Crippen LogP contribution in [0.15, 0.2) is 43.1 Å². The summed E-state index contributed by atoms with van der Waals surface area (Å²) in [6, 6.07) is 11.1. The summed E-state index contributed by atoms with van der Waals surface area (Å²) in [5, 5.41) is 11.8. The number of hydrogen-bond acceptors (Lipinski definition) is 6. The number of aromatic nitrogens is 5. The lowest BCUT2D eigenvalue weighted by Gasteiger charge is -2.44. The number of benzene rings is 1. The molecule has 232 valence electrons. The van der Waals surface area contributed by atoms with Gasteiger partial charge in [-0.05, 0) is 119 Å². The van der Waals surface area contributed by atoms with Crippen molar-refractivity contribution in [1.29, 1.82) is 0 Å². The molecular weight excluding hydrogens is 544 g/mol. The number of nitrogens with one attached hydrogen (secondary N) is 2. The maximum absolute atomic E-state index is 5.12. The van der Waals surface area contributed by atoms with Crippen molar-refractivity contribution in [2.24, 2.45) is 18.4 Å². The van der Waals surface area contributed by atoms with E-state index in [1.165, 1.54) is 81.5 Å². The molecule has 1 atom stereocenters.